The van der Waals surface area contributed by atoms with Gasteiger partial charge in [0.15, 0.2) is 17.0 Å². The fourth-order valence-corrected chi connectivity index (χ4v) is 7.28. The summed E-state index contributed by atoms with van der Waals surface area (Å²) in [6, 6.07) is 33.5. The van der Waals surface area contributed by atoms with Crippen molar-refractivity contribution in [2.45, 2.75) is 30.5 Å². The molecule has 1 aliphatic rings. The van der Waals surface area contributed by atoms with Gasteiger partial charge in [-0.25, -0.2) is 15.0 Å². The first-order chi connectivity index (χ1) is 25.7. The molecule has 7 rings (SSSR count). The standard InChI is InChI=1S/C39H37FN5O7P/c1-48-30-18-14-28(15-19-30)39(27-12-8-5-9-13-27,29-16-20-31(49-2)21-17-29)50-23-33-32(52-53(3,40)47)22-34(51-33)45-25-43-35-36(41-24-42-37(35)45)44-38(46)26-10-6-4-7-11-26/h4-21,24-25,32-34H,22-23H2,1-3H3,(H,41,42,44,46)/t32-,33+,34+,53?/m0/s1. The minimum absolute atomic E-state index is 0.0976. The van der Waals surface area contributed by atoms with Crippen molar-refractivity contribution >= 4 is 30.6 Å². The number of carbonyl (C=O) groups excluding carboxylic acids is 1. The number of benzene rings is 4. The number of nitrogens with zero attached hydrogens (tertiary/aromatic N) is 4. The molecule has 1 saturated heterocycles. The van der Waals surface area contributed by atoms with Gasteiger partial charge in [0.1, 0.15) is 41.9 Å². The largest absolute Gasteiger partial charge is 0.497 e. The number of hydrogen-bond donors (Lipinski definition) is 1. The van der Waals surface area contributed by atoms with Gasteiger partial charge in [0.25, 0.3) is 5.91 Å². The van der Waals surface area contributed by atoms with Crippen molar-refractivity contribution in [1.29, 1.82) is 0 Å². The fraction of sp³-hybridized carbons (Fsp3) is 0.231. The van der Waals surface area contributed by atoms with Gasteiger partial charge in [0.05, 0.1) is 27.2 Å². The number of aromatic nitrogens is 4. The van der Waals surface area contributed by atoms with Crippen molar-refractivity contribution in [2.75, 3.05) is 32.8 Å². The Kier molecular flexibility index (Phi) is 10.3. The quantitative estimate of drug-likeness (QED) is 0.0934. The maximum atomic E-state index is 14.8. The Morgan fingerprint density at radius 3 is 2.04 bits per heavy atom. The van der Waals surface area contributed by atoms with Crippen molar-refractivity contribution in [2.24, 2.45) is 0 Å². The van der Waals surface area contributed by atoms with Crippen molar-refractivity contribution in [3.8, 4) is 11.5 Å². The number of methoxy groups -OCH3 is 2. The summed E-state index contributed by atoms with van der Waals surface area (Å²) in [5.41, 5.74) is 2.34. The maximum absolute atomic E-state index is 14.8. The van der Waals surface area contributed by atoms with Gasteiger partial charge >= 0.3 is 7.68 Å². The van der Waals surface area contributed by atoms with Crippen molar-refractivity contribution < 1.29 is 37.0 Å². The molecule has 272 valence electrons. The topological polar surface area (TPSA) is 136 Å². The van der Waals surface area contributed by atoms with Crippen molar-refractivity contribution in [3.63, 3.8) is 0 Å². The fourth-order valence-electron chi connectivity index (χ4n) is 6.58. The number of imidazole rings is 1. The Balaban J connectivity index is 1.23. The molecule has 1 aliphatic heterocycles. The molecule has 1 N–H and O–H groups in total. The number of anilines is 1. The highest BCUT2D eigenvalue weighted by atomic mass is 31.2. The molecule has 0 bridgehead atoms. The van der Waals surface area contributed by atoms with Gasteiger partial charge in [0.2, 0.25) is 0 Å². The average molecular weight is 738 g/mol. The van der Waals surface area contributed by atoms with E-state index < -0.39 is 31.7 Å². The second-order valence-electron chi connectivity index (χ2n) is 12.4. The normalized spacial score (nSPS) is 18.4. The number of halogens is 1. The van der Waals surface area contributed by atoms with Crippen LogP contribution in [0.3, 0.4) is 0 Å². The monoisotopic (exact) mass is 737 g/mol. The van der Waals surface area contributed by atoms with Gasteiger partial charge in [-0.3, -0.25) is 18.5 Å². The third-order valence-electron chi connectivity index (χ3n) is 9.08. The summed E-state index contributed by atoms with van der Waals surface area (Å²) in [6.45, 7) is 0.816. The van der Waals surface area contributed by atoms with Gasteiger partial charge in [0, 0.05) is 18.6 Å². The molecule has 1 fully saturated rings. The van der Waals surface area contributed by atoms with E-state index in [9.17, 15) is 13.6 Å². The van der Waals surface area contributed by atoms with Crippen LogP contribution in [0.1, 0.15) is 39.7 Å². The van der Waals surface area contributed by atoms with Gasteiger partial charge in [-0.1, -0.05) is 72.8 Å². The van der Waals surface area contributed by atoms with Gasteiger partial charge in [-0.15, -0.1) is 0 Å². The Morgan fingerprint density at radius 2 is 1.45 bits per heavy atom. The molecule has 4 atom stereocenters. The van der Waals surface area contributed by atoms with Crippen molar-refractivity contribution in [3.05, 3.63) is 144 Å². The Labute approximate surface area is 305 Å². The minimum Gasteiger partial charge on any atom is -0.497 e. The van der Waals surface area contributed by atoms with Gasteiger partial charge < -0.3 is 24.3 Å². The van der Waals surface area contributed by atoms with Crippen LogP contribution in [0.2, 0.25) is 0 Å². The molecule has 1 unspecified atom stereocenters. The number of hydrogen-bond acceptors (Lipinski definition) is 10. The first-order valence-electron chi connectivity index (χ1n) is 16.8. The summed E-state index contributed by atoms with van der Waals surface area (Å²) < 4.78 is 59.0. The first kappa shape index (κ1) is 35.9. The summed E-state index contributed by atoms with van der Waals surface area (Å²) in [4.78, 5) is 26.1. The van der Waals surface area contributed by atoms with Crippen LogP contribution in [0.25, 0.3) is 11.2 Å². The lowest BCUT2D eigenvalue weighted by atomic mass is 9.80. The zero-order chi connectivity index (χ0) is 37.0. The third-order valence-corrected chi connectivity index (χ3v) is 9.73. The smallest absolute Gasteiger partial charge is 0.364 e. The molecule has 0 saturated carbocycles. The number of fused-ring (bicyclic) bond motifs is 1. The lowest BCUT2D eigenvalue weighted by Crippen LogP contribution is -2.38. The van der Waals surface area contributed by atoms with Gasteiger partial charge in [-0.05, 0) is 53.1 Å². The highest BCUT2D eigenvalue weighted by molar-refractivity contribution is 7.52. The highest BCUT2D eigenvalue weighted by Crippen LogP contribution is 2.50. The van der Waals surface area contributed by atoms with E-state index in [1.807, 2.05) is 84.9 Å². The van der Waals surface area contributed by atoms with Crippen LogP contribution in [0.15, 0.2) is 122 Å². The molecule has 0 spiro atoms. The minimum atomic E-state index is -4.47. The summed E-state index contributed by atoms with van der Waals surface area (Å²) in [7, 11) is -1.28. The second kappa shape index (κ2) is 15.3. The number of rotatable bonds is 13. The van der Waals surface area contributed by atoms with E-state index in [0.717, 1.165) is 23.4 Å². The van der Waals surface area contributed by atoms with E-state index in [4.69, 9.17) is 23.5 Å². The van der Waals surface area contributed by atoms with E-state index >= 15 is 0 Å². The van der Waals surface area contributed by atoms with E-state index in [1.165, 1.54) is 12.7 Å². The second-order valence-corrected chi connectivity index (χ2v) is 14.1. The molecular weight excluding hydrogens is 700 g/mol. The van der Waals surface area contributed by atoms with Crippen LogP contribution in [0, 0.1) is 0 Å². The zero-order valence-corrected chi connectivity index (χ0v) is 30.1. The van der Waals surface area contributed by atoms with E-state index in [1.54, 1.807) is 43.1 Å². The van der Waals surface area contributed by atoms with E-state index in [0.29, 0.717) is 28.2 Å². The van der Waals surface area contributed by atoms with Crippen LogP contribution in [0.5, 0.6) is 11.5 Å². The Hall–Kier alpha value is -5.46. The van der Waals surface area contributed by atoms with Crippen LogP contribution in [-0.4, -0.2) is 65.1 Å². The molecule has 4 aromatic carbocycles. The molecule has 1 amide bonds. The maximum Gasteiger partial charge on any atom is 0.364 e. The molecular formula is C39H37FN5O7P. The number of ether oxygens (including phenoxy) is 4. The van der Waals surface area contributed by atoms with Crippen LogP contribution in [0.4, 0.5) is 10.0 Å². The number of amides is 1. The van der Waals surface area contributed by atoms with E-state index in [-0.39, 0.29) is 24.8 Å². The first-order valence-corrected chi connectivity index (χ1v) is 18.8. The van der Waals surface area contributed by atoms with E-state index in [2.05, 4.69) is 20.3 Å². The molecule has 0 radical (unpaired) electrons. The summed E-state index contributed by atoms with van der Waals surface area (Å²) in [6.07, 6.45) is 0.278. The average Bonchev–Trinajstić information content (AvgIpc) is 3.80. The highest BCUT2D eigenvalue weighted by Gasteiger charge is 2.44. The van der Waals surface area contributed by atoms with Crippen molar-refractivity contribution in [1.82, 2.24) is 19.5 Å². The van der Waals surface area contributed by atoms with Crippen LogP contribution < -0.4 is 14.8 Å². The predicted octanol–water partition coefficient (Wildman–Crippen LogP) is 7.57. The Bertz CT molecular complexity index is 2170. The molecule has 14 heteroatoms. The molecule has 0 aliphatic carbocycles. The summed E-state index contributed by atoms with van der Waals surface area (Å²) >= 11 is 0. The molecule has 12 nitrogen and oxygen atoms in total. The summed E-state index contributed by atoms with van der Waals surface area (Å²) in [5, 5.41) is 2.80. The molecule has 53 heavy (non-hydrogen) atoms. The number of carbonyl (C=O) groups is 1. The molecule has 2 aromatic heterocycles. The third kappa shape index (κ3) is 7.56. The van der Waals surface area contributed by atoms with Gasteiger partial charge in [-0.2, -0.15) is 4.20 Å². The Morgan fingerprint density at radius 1 is 0.868 bits per heavy atom. The van der Waals surface area contributed by atoms with Crippen LogP contribution in [-0.2, 0) is 24.2 Å². The summed E-state index contributed by atoms with van der Waals surface area (Å²) in [5.74, 6) is 1.19. The predicted molar refractivity (Wildman–Crippen MR) is 196 cm³/mol. The zero-order valence-electron chi connectivity index (χ0n) is 29.2. The van der Waals surface area contributed by atoms with Crippen LogP contribution >= 0.6 is 7.68 Å². The molecule has 6 aromatic rings. The lowest BCUT2D eigenvalue weighted by molar-refractivity contribution is -0.0904. The number of nitrogens with one attached hydrogen (secondary N) is 1. The lowest BCUT2D eigenvalue weighted by Gasteiger charge is -2.37. The molecule has 3 heterocycles. The SMILES string of the molecule is COc1ccc(C(OC[C@H]2O[C@@H](n3cnc4c(NC(=O)c5ccccc5)ncnc43)C[C@@H]2OP(C)(=O)F)(c2ccccc2)c2ccc(OC)cc2)cc1.